The predicted molar refractivity (Wildman–Crippen MR) is 45.1 cm³/mol. The van der Waals surface area contributed by atoms with Crippen molar-refractivity contribution in [1.82, 2.24) is 0 Å². The highest BCUT2D eigenvalue weighted by atomic mass is 19.0. The minimum Gasteiger partial charge on any atom is -0.480 e. The van der Waals surface area contributed by atoms with Gasteiger partial charge in [0.05, 0.1) is 0 Å². The largest absolute Gasteiger partial charge is 0.480 e. The van der Waals surface area contributed by atoms with Crippen LogP contribution in [-0.2, 0) is 4.79 Å². The summed E-state index contributed by atoms with van der Waals surface area (Å²) in [6.07, 6.45) is 0. The number of carboxylic acid groups (broad SMARTS) is 1. The molecule has 0 aliphatic heterocycles. The summed E-state index contributed by atoms with van der Waals surface area (Å²) in [5, 5.41) is 11.1. The minimum absolute atomic E-state index is 0. The molecule has 0 radical (unpaired) electrons. The van der Waals surface area contributed by atoms with Gasteiger partial charge in [-0.3, -0.25) is 9.50 Å². The second-order valence-corrected chi connectivity index (χ2v) is 2.11. The summed E-state index contributed by atoms with van der Waals surface area (Å²) in [6, 6.07) is 9.23. The van der Waals surface area contributed by atoms with Crippen LogP contribution in [0.3, 0.4) is 0 Å². The van der Waals surface area contributed by atoms with E-state index in [-0.39, 0.29) is 11.2 Å². The molecule has 0 aliphatic rings. The van der Waals surface area contributed by atoms with Crippen LogP contribution in [0.5, 0.6) is 0 Å². The van der Waals surface area contributed by atoms with Gasteiger partial charge in [0.2, 0.25) is 0 Å². The lowest BCUT2D eigenvalue weighted by molar-refractivity contribution is -0.134. The monoisotopic (exact) mass is 171 g/mol. The smallest absolute Gasteiger partial charge is 0.322 e. The van der Waals surface area contributed by atoms with Gasteiger partial charge in [0.1, 0.15) is 6.54 Å². The molecule has 0 unspecified atom stereocenters. The predicted octanol–water partition coefficient (Wildman–Crippen LogP) is 1.34. The lowest BCUT2D eigenvalue weighted by Crippen LogP contribution is -2.11. The van der Waals surface area contributed by atoms with Crippen molar-refractivity contribution in [2.45, 2.75) is 0 Å². The van der Waals surface area contributed by atoms with Crippen molar-refractivity contribution < 1.29 is 14.6 Å². The Bertz CT molecular complexity index is 238. The molecule has 0 heterocycles. The molecule has 0 saturated carbocycles. The fourth-order valence-electron chi connectivity index (χ4n) is 0.734. The summed E-state index contributed by atoms with van der Waals surface area (Å²) in [5.74, 6) is -0.853. The molecule has 1 aromatic rings. The number of hydrogen-bond donors (Lipinski definition) is 2. The van der Waals surface area contributed by atoms with E-state index in [0.717, 1.165) is 5.69 Å². The van der Waals surface area contributed by atoms with Gasteiger partial charge in [-0.05, 0) is 12.1 Å². The number of halogens is 1. The summed E-state index contributed by atoms with van der Waals surface area (Å²) < 4.78 is 0. The van der Waals surface area contributed by atoms with Crippen LogP contribution in [-0.4, -0.2) is 17.6 Å². The Morgan fingerprint density at radius 3 is 2.42 bits per heavy atom. The minimum atomic E-state index is -0.853. The molecule has 3 nitrogen and oxygen atoms in total. The van der Waals surface area contributed by atoms with Gasteiger partial charge in [-0.15, -0.1) is 0 Å². The number of hydrogen-bond acceptors (Lipinski definition) is 2. The number of carboxylic acids is 1. The standard InChI is InChI=1S/C8H9NO2.FH/c10-8(11)6-9-7-4-2-1-3-5-7;/h1-5,9H,6H2,(H,10,11);1H. The lowest BCUT2D eigenvalue weighted by atomic mass is 10.3. The molecule has 0 aromatic heterocycles. The average Bonchev–Trinajstić information content (AvgIpc) is 2.03. The van der Waals surface area contributed by atoms with Crippen molar-refractivity contribution in [3.63, 3.8) is 0 Å². The molecule has 0 bridgehead atoms. The summed E-state index contributed by atoms with van der Waals surface area (Å²) in [4.78, 5) is 10.1. The van der Waals surface area contributed by atoms with Gasteiger partial charge in [-0.1, -0.05) is 18.2 Å². The number of carbonyl (C=O) groups is 1. The normalized spacial score (nSPS) is 8.33. The number of anilines is 1. The fraction of sp³-hybridized carbons (Fsp3) is 0.125. The SMILES string of the molecule is F.O=C(O)CNc1ccccc1. The highest BCUT2D eigenvalue weighted by molar-refractivity contribution is 5.72. The van der Waals surface area contributed by atoms with Gasteiger partial charge in [0, 0.05) is 5.69 Å². The van der Waals surface area contributed by atoms with Gasteiger partial charge in [-0.25, -0.2) is 0 Å². The Kier molecular flexibility index (Phi) is 4.45. The van der Waals surface area contributed by atoms with E-state index in [9.17, 15) is 4.79 Å². The molecule has 0 saturated heterocycles. The molecular formula is C8H10FNO2. The molecule has 0 spiro atoms. The first-order valence-electron chi connectivity index (χ1n) is 3.30. The van der Waals surface area contributed by atoms with Crippen molar-refractivity contribution in [1.29, 1.82) is 0 Å². The Hall–Kier alpha value is -1.58. The molecule has 2 N–H and O–H groups in total. The first-order valence-corrected chi connectivity index (χ1v) is 3.30. The zero-order valence-corrected chi connectivity index (χ0v) is 6.36. The van der Waals surface area contributed by atoms with Gasteiger partial charge in [0.25, 0.3) is 0 Å². The van der Waals surface area contributed by atoms with E-state index in [1.807, 2.05) is 30.3 Å². The van der Waals surface area contributed by atoms with E-state index >= 15 is 0 Å². The zero-order chi connectivity index (χ0) is 8.10. The van der Waals surface area contributed by atoms with E-state index in [1.165, 1.54) is 0 Å². The van der Waals surface area contributed by atoms with Crippen LogP contribution in [0.25, 0.3) is 0 Å². The van der Waals surface area contributed by atoms with Crippen LogP contribution in [0.15, 0.2) is 30.3 Å². The molecule has 66 valence electrons. The van der Waals surface area contributed by atoms with Crippen molar-refractivity contribution in [2.75, 3.05) is 11.9 Å². The Labute approximate surface area is 69.4 Å². The van der Waals surface area contributed by atoms with Crippen LogP contribution >= 0.6 is 0 Å². The molecule has 0 fully saturated rings. The summed E-state index contributed by atoms with van der Waals surface area (Å²) in [5.41, 5.74) is 0.829. The highest BCUT2D eigenvalue weighted by Gasteiger charge is 1.93. The van der Waals surface area contributed by atoms with Crippen molar-refractivity contribution in [3.05, 3.63) is 30.3 Å². The molecule has 1 rings (SSSR count). The quantitative estimate of drug-likeness (QED) is 0.721. The highest BCUT2D eigenvalue weighted by Crippen LogP contribution is 2.03. The van der Waals surface area contributed by atoms with E-state index in [1.54, 1.807) is 0 Å². The topological polar surface area (TPSA) is 49.3 Å². The maximum atomic E-state index is 10.1. The van der Waals surface area contributed by atoms with Crippen LogP contribution in [0.2, 0.25) is 0 Å². The van der Waals surface area contributed by atoms with Gasteiger partial charge < -0.3 is 10.4 Å². The third-order valence-electron chi connectivity index (χ3n) is 1.22. The van der Waals surface area contributed by atoms with E-state index in [0.29, 0.717) is 0 Å². The Balaban J connectivity index is 0.00000121. The van der Waals surface area contributed by atoms with Gasteiger partial charge in [0.15, 0.2) is 0 Å². The van der Waals surface area contributed by atoms with Crippen LogP contribution in [0, 0.1) is 0 Å². The molecule has 12 heavy (non-hydrogen) atoms. The average molecular weight is 171 g/mol. The third kappa shape index (κ3) is 3.55. The second-order valence-electron chi connectivity index (χ2n) is 2.11. The molecule has 0 atom stereocenters. The van der Waals surface area contributed by atoms with Crippen molar-refractivity contribution >= 4 is 11.7 Å². The number of benzene rings is 1. The van der Waals surface area contributed by atoms with E-state index in [2.05, 4.69) is 5.32 Å². The van der Waals surface area contributed by atoms with E-state index < -0.39 is 5.97 Å². The van der Waals surface area contributed by atoms with Gasteiger partial charge >= 0.3 is 5.97 Å². The number of rotatable bonds is 3. The lowest BCUT2D eigenvalue weighted by Gasteiger charge is -2.00. The van der Waals surface area contributed by atoms with Crippen molar-refractivity contribution in [3.8, 4) is 0 Å². The molecular weight excluding hydrogens is 161 g/mol. The number of nitrogens with one attached hydrogen (secondary N) is 1. The van der Waals surface area contributed by atoms with E-state index in [4.69, 9.17) is 5.11 Å². The summed E-state index contributed by atoms with van der Waals surface area (Å²) >= 11 is 0. The first kappa shape index (κ1) is 10.4. The third-order valence-corrected chi connectivity index (χ3v) is 1.22. The maximum Gasteiger partial charge on any atom is 0.322 e. The van der Waals surface area contributed by atoms with Crippen LogP contribution < -0.4 is 5.32 Å². The number of aliphatic carboxylic acids is 1. The molecule has 0 amide bonds. The number of para-hydroxylation sites is 1. The second kappa shape index (κ2) is 5.12. The molecule has 4 heteroatoms. The maximum absolute atomic E-state index is 10.1. The Morgan fingerprint density at radius 1 is 1.33 bits per heavy atom. The Morgan fingerprint density at radius 2 is 1.92 bits per heavy atom. The summed E-state index contributed by atoms with van der Waals surface area (Å²) in [7, 11) is 0. The van der Waals surface area contributed by atoms with Gasteiger partial charge in [-0.2, -0.15) is 0 Å². The van der Waals surface area contributed by atoms with Crippen LogP contribution in [0.1, 0.15) is 0 Å². The molecule has 1 aromatic carbocycles. The fourth-order valence-corrected chi connectivity index (χ4v) is 0.734. The van der Waals surface area contributed by atoms with Crippen LogP contribution in [0.4, 0.5) is 10.4 Å². The molecule has 0 aliphatic carbocycles. The first-order chi connectivity index (χ1) is 5.29. The summed E-state index contributed by atoms with van der Waals surface area (Å²) in [6.45, 7) is -0.0377. The van der Waals surface area contributed by atoms with Crippen molar-refractivity contribution in [2.24, 2.45) is 0 Å². The zero-order valence-electron chi connectivity index (χ0n) is 6.36.